The molecule has 0 spiro atoms. The van der Waals surface area contributed by atoms with Gasteiger partial charge in [0.25, 0.3) is 0 Å². The zero-order valence-corrected chi connectivity index (χ0v) is 10.4. The van der Waals surface area contributed by atoms with Crippen molar-refractivity contribution < 1.29 is 19.1 Å². The Balaban J connectivity index is 2.37. The lowest BCUT2D eigenvalue weighted by atomic mass is 10.3. The minimum absolute atomic E-state index is 0.0102. The van der Waals surface area contributed by atoms with Gasteiger partial charge in [-0.15, -0.1) is 0 Å². The van der Waals surface area contributed by atoms with E-state index in [2.05, 4.69) is 5.32 Å². The summed E-state index contributed by atoms with van der Waals surface area (Å²) in [6.07, 6.45) is 0.822. The molecule has 1 aliphatic rings. The zero-order chi connectivity index (χ0) is 12.7. The SMILES string of the molecule is CCOC(=O)CN(CC)C(=O)NC1CCOC1. The first-order chi connectivity index (χ1) is 8.17. The van der Waals surface area contributed by atoms with Crippen molar-refractivity contribution >= 4 is 12.0 Å². The molecule has 1 heterocycles. The molecule has 1 atom stereocenters. The first-order valence-electron chi connectivity index (χ1n) is 5.96. The first kappa shape index (κ1) is 13.8. The van der Waals surface area contributed by atoms with Gasteiger partial charge in [0.1, 0.15) is 6.54 Å². The lowest BCUT2D eigenvalue weighted by Gasteiger charge is -2.22. The van der Waals surface area contributed by atoms with Crippen LogP contribution in [0, 0.1) is 0 Å². The minimum atomic E-state index is -0.382. The molecule has 17 heavy (non-hydrogen) atoms. The monoisotopic (exact) mass is 244 g/mol. The van der Waals surface area contributed by atoms with Gasteiger partial charge in [-0.25, -0.2) is 4.79 Å². The number of carbonyl (C=O) groups is 2. The molecular formula is C11H20N2O4. The van der Waals surface area contributed by atoms with Crippen LogP contribution in [0.4, 0.5) is 4.79 Å². The Kier molecular flexibility index (Phi) is 5.76. The number of urea groups is 1. The van der Waals surface area contributed by atoms with E-state index in [0.29, 0.717) is 26.4 Å². The van der Waals surface area contributed by atoms with Crippen LogP contribution in [0.25, 0.3) is 0 Å². The van der Waals surface area contributed by atoms with Crippen molar-refractivity contribution in [2.45, 2.75) is 26.3 Å². The van der Waals surface area contributed by atoms with Crippen LogP contribution in [-0.2, 0) is 14.3 Å². The van der Waals surface area contributed by atoms with E-state index in [4.69, 9.17) is 9.47 Å². The fourth-order valence-corrected chi connectivity index (χ4v) is 1.60. The normalized spacial score (nSPS) is 18.8. The predicted molar refractivity (Wildman–Crippen MR) is 61.6 cm³/mol. The average molecular weight is 244 g/mol. The molecule has 1 N–H and O–H groups in total. The number of esters is 1. The smallest absolute Gasteiger partial charge is 0.325 e. The van der Waals surface area contributed by atoms with Crippen molar-refractivity contribution in [1.82, 2.24) is 10.2 Å². The Morgan fingerprint density at radius 3 is 2.76 bits per heavy atom. The number of nitrogens with zero attached hydrogens (tertiary/aromatic N) is 1. The van der Waals surface area contributed by atoms with Crippen LogP contribution < -0.4 is 5.32 Å². The highest BCUT2D eigenvalue weighted by atomic mass is 16.5. The van der Waals surface area contributed by atoms with Crippen molar-refractivity contribution in [3.8, 4) is 0 Å². The van der Waals surface area contributed by atoms with Crippen LogP contribution in [0.2, 0.25) is 0 Å². The number of ether oxygens (including phenoxy) is 2. The molecule has 0 aliphatic carbocycles. The van der Waals surface area contributed by atoms with Crippen molar-refractivity contribution in [3.05, 3.63) is 0 Å². The summed E-state index contributed by atoms with van der Waals surface area (Å²) in [7, 11) is 0. The molecule has 1 fully saturated rings. The maximum atomic E-state index is 11.8. The maximum absolute atomic E-state index is 11.8. The quantitative estimate of drug-likeness (QED) is 0.709. The van der Waals surface area contributed by atoms with Crippen molar-refractivity contribution in [1.29, 1.82) is 0 Å². The standard InChI is InChI=1S/C11H20N2O4/c1-3-13(7-10(14)17-4-2)11(15)12-9-5-6-16-8-9/h9H,3-8H2,1-2H3,(H,12,15). The average Bonchev–Trinajstić information content (AvgIpc) is 2.78. The molecule has 0 aromatic carbocycles. The molecule has 1 unspecified atom stereocenters. The fraction of sp³-hybridized carbons (Fsp3) is 0.818. The van der Waals surface area contributed by atoms with Gasteiger partial charge in [0.2, 0.25) is 0 Å². The van der Waals surface area contributed by atoms with Gasteiger partial charge in [0, 0.05) is 13.2 Å². The van der Waals surface area contributed by atoms with Crippen molar-refractivity contribution in [2.75, 3.05) is 32.9 Å². The summed E-state index contributed by atoms with van der Waals surface area (Å²) in [5.41, 5.74) is 0. The van der Waals surface area contributed by atoms with E-state index in [1.54, 1.807) is 6.92 Å². The van der Waals surface area contributed by atoms with E-state index in [-0.39, 0.29) is 24.6 Å². The third-order valence-corrected chi connectivity index (χ3v) is 2.55. The van der Waals surface area contributed by atoms with Crippen LogP contribution in [0.3, 0.4) is 0 Å². The maximum Gasteiger partial charge on any atom is 0.325 e. The van der Waals surface area contributed by atoms with Gasteiger partial charge in [-0.3, -0.25) is 4.79 Å². The number of carbonyl (C=O) groups excluding carboxylic acids is 2. The molecule has 1 saturated heterocycles. The summed E-state index contributed by atoms with van der Waals surface area (Å²) in [6, 6.07) is -0.185. The number of hydrogen-bond acceptors (Lipinski definition) is 4. The Hall–Kier alpha value is -1.30. The van der Waals surface area contributed by atoms with Crippen LogP contribution in [-0.4, -0.2) is 55.9 Å². The van der Waals surface area contributed by atoms with Gasteiger partial charge in [-0.2, -0.15) is 0 Å². The van der Waals surface area contributed by atoms with Crippen LogP contribution in [0.5, 0.6) is 0 Å². The van der Waals surface area contributed by atoms with Gasteiger partial charge in [0.15, 0.2) is 0 Å². The van der Waals surface area contributed by atoms with Crippen LogP contribution >= 0.6 is 0 Å². The molecular weight excluding hydrogens is 224 g/mol. The van der Waals surface area contributed by atoms with E-state index >= 15 is 0 Å². The Labute approximate surface area is 101 Å². The first-order valence-corrected chi connectivity index (χ1v) is 5.96. The summed E-state index contributed by atoms with van der Waals surface area (Å²) >= 11 is 0. The summed E-state index contributed by atoms with van der Waals surface area (Å²) in [5.74, 6) is -0.382. The second-order valence-electron chi connectivity index (χ2n) is 3.83. The molecule has 98 valence electrons. The Bertz CT molecular complexity index is 264. The van der Waals surface area contributed by atoms with Crippen molar-refractivity contribution in [3.63, 3.8) is 0 Å². The number of likely N-dealkylation sites (N-methyl/N-ethyl adjacent to an activating group) is 1. The summed E-state index contributed by atoms with van der Waals surface area (Å²) in [6.45, 7) is 5.57. The van der Waals surface area contributed by atoms with Crippen LogP contribution in [0.15, 0.2) is 0 Å². The zero-order valence-electron chi connectivity index (χ0n) is 10.4. The van der Waals surface area contributed by atoms with E-state index in [1.165, 1.54) is 4.90 Å². The van der Waals surface area contributed by atoms with Crippen molar-refractivity contribution in [2.24, 2.45) is 0 Å². The molecule has 6 nitrogen and oxygen atoms in total. The lowest BCUT2D eigenvalue weighted by Crippen LogP contribution is -2.47. The van der Waals surface area contributed by atoms with E-state index in [1.807, 2.05) is 6.92 Å². The van der Waals surface area contributed by atoms with E-state index in [0.717, 1.165) is 6.42 Å². The molecule has 6 heteroatoms. The lowest BCUT2D eigenvalue weighted by molar-refractivity contribution is -0.143. The molecule has 0 aromatic heterocycles. The molecule has 1 aliphatic heterocycles. The van der Waals surface area contributed by atoms with Gasteiger partial charge in [-0.05, 0) is 20.3 Å². The fourth-order valence-electron chi connectivity index (χ4n) is 1.60. The topological polar surface area (TPSA) is 67.9 Å². The summed E-state index contributed by atoms with van der Waals surface area (Å²) < 4.78 is 9.98. The molecule has 0 radical (unpaired) electrons. The van der Waals surface area contributed by atoms with Crippen LogP contribution in [0.1, 0.15) is 20.3 Å². The molecule has 0 bridgehead atoms. The summed E-state index contributed by atoms with van der Waals surface area (Å²) in [4.78, 5) is 24.5. The van der Waals surface area contributed by atoms with E-state index < -0.39 is 0 Å². The molecule has 0 saturated carbocycles. The second kappa shape index (κ2) is 7.11. The number of rotatable bonds is 5. The molecule has 2 amide bonds. The van der Waals surface area contributed by atoms with Gasteiger partial charge in [-0.1, -0.05) is 0 Å². The Morgan fingerprint density at radius 2 is 2.24 bits per heavy atom. The highest BCUT2D eigenvalue weighted by Gasteiger charge is 2.22. The largest absolute Gasteiger partial charge is 0.465 e. The highest BCUT2D eigenvalue weighted by molar-refractivity contribution is 5.81. The number of amides is 2. The third kappa shape index (κ3) is 4.60. The minimum Gasteiger partial charge on any atom is -0.465 e. The predicted octanol–water partition coefficient (Wildman–Crippen LogP) is 0.370. The van der Waals surface area contributed by atoms with E-state index in [9.17, 15) is 9.59 Å². The Morgan fingerprint density at radius 1 is 1.47 bits per heavy atom. The second-order valence-corrected chi connectivity index (χ2v) is 3.83. The summed E-state index contributed by atoms with van der Waals surface area (Å²) in [5, 5.41) is 2.83. The highest BCUT2D eigenvalue weighted by Crippen LogP contribution is 2.04. The molecule has 1 rings (SSSR count). The molecule has 0 aromatic rings. The van der Waals surface area contributed by atoms with Gasteiger partial charge in [0.05, 0.1) is 19.3 Å². The van der Waals surface area contributed by atoms with Gasteiger partial charge < -0.3 is 19.7 Å². The van der Waals surface area contributed by atoms with Gasteiger partial charge >= 0.3 is 12.0 Å². The number of nitrogens with one attached hydrogen (secondary N) is 1. The number of hydrogen-bond donors (Lipinski definition) is 1. The third-order valence-electron chi connectivity index (χ3n) is 2.55.